The SMILES string of the molecule is COc1nc(C)cc(C)c1C1OCCC1n1cccn1. The van der Waals surface area contributed by atoms with Gasteiger partial charge in [-0.2, -0.15) is 5.10 Å². The first-order chi connectivity index (χ1) is 9.70. The second kappa shape index (κ2) is 5.25. The van der Waals surface area contributed by atoms with Gasteiger partial charge in [-0.15, -0.1) is 0 Å². The van der Waals surface area contributed by atoms with E-state index in [0.717, 1.165) is 29.8 Å². The molecule has 0 amide bonds. The maximum atomic E-state index is 5.96. The number of hydrogen-bond acceptors (Lipinski definition) is 4. The van der Waals surface area contributed by atoms with Crippen LogP contribution in [0, 0.1) is 13.8 Å². The van der Waals surface area contributed by atoms with Crippen molar-refractivity contribution in [2.75, 3.05) is 13.7 Å². The predicted octanol–water partition coefficient (Wildman–Crippen LogP) is 2.61. The first-order valence-corrected chi connectivity index (χ1v) is 6.83. The second-order valence-electron chi connectivity index (χ2n) is 5.14. The number of pyridine rings is 1. The molecule has 3 heterocycles. The third kappa shape index (κ3) is 2.18. The van der Waals surface area contributed by atoms with Crippen molar-refractivity contribution in [3.8, 4) is 5.88 Å². The van der Waals surface area contributed by atoms with Crippen molar-refractivity contribution in [1.29, 1.82) is 0 Å². The van der Waals surface area contributed by atoms with Crippen LogP contribution < -0.4 is 4.74 Å². The molecule has 2 aromatic rings. The summed E-state index contributed by atoms with van der Waals surface area (Å²) < 4.78 is 13.4. The summed E-state index contributed by atoms with van der Waals surface area (Å²) in [4.78, 5) is 4.48. The van der Waals surface area contributed by atoms with E-state index < -0.39 is 0 Å². The van der Waals surface area contributed by atoms with Crippen molar-refractivity contribution in [2.24, 2.45) is 0 Å². The normalized spacial score (nSPS) is 22.1. The lowest BCUT2D eigenvalue weighted by atomic mass is 9.98. The molecule has 0 N–H and O–H groups in total. The van der Waals surface area contributed by atoms with E-state index in [1.54, 1.807) is 13.3 Å². The van der Waals surface area contributed by atoms with Crippen LogP contribution in [0.25, 0.3) is 0 Å². The Hall–Kier alpha value is -1.88. The monoisotopic (exact) mass is 273 g/mol. The van der Waals surface area contributed by atoms with Crippen LogP contribution >= 0.6 is 0 Å². The summed E-state index contributed by atoms with van der Waals surface area (Å²) in [6, 6.07) is 4.20. The fourth-order valence-corrected chi connectivity index (χ4v) is 2.92. The lowest BCUT2D eigenvalue weighted by Gasteiger charge is -2.22. The molecule has 0 saturated carbocycles. The highest BCUT2D eigenvalue weighted by Crippen LogP contribution is 2.42. The number of aromatic nitrogens is 3. The highest BCUT2D eigenvalue weighted by molar-refractivity contribution is 5.38. The summed E-state index contributed by atoms with van der Waals surface area (Å²) in [5.41, 5.74) is 3.14. The predicted molar refractivity (Wildman–Crippen MR) is 74.8 cm³/mol. The molecule has 106 valence electrons. The number of rotatable bonds is 3. The van der Waals surface area contributed by atoms with Crippen molar-refractivity contribution in [2.45, 2.75) is 32.4 Å². The van der Waals surface area contributed by atoms with Gasteiger partial charge in [0.15, 0.2) is 0 Å². The summed E-state index contributed by atoms with van der Waals surface area (Å²) in [7, 11) is 1.66. The molecule has 0 aromatic carbocycles. The van der Waals surface area contributed by atoms with Gasteiger partial charge in [-0.3, -0.25) is 4.68 Å². The van der Waals surface area contributed by atoms with Crippen LogP contribution in [0.3, 0.4) is 0 Å². The number of ether oxygens (including phenoxy) is 2. The minimum absolute atomic E-state index is 0.0575. The van der Waals surface area contributed by atoms with E-state index in [2.05, 4.69) is 23.1 Å². The molecular formula is C15H19N3O2. The van der Waals surface area contributed by atoms with Gasteiger partial charge in [0, 0.05) is 30.3 Å². The Morgan fingerprint density at radius 1 is 1.40 bits per heavy atom. The van der Waals surface area contributed by atoms with E-state index in [-0.39, 0.29) is 12.1 Å². The first kappa shape index (κ1) is 13.1. The lowest BCUT2D eigenvalue weighted by molar-refractivity contribution is 0.0868. The van der Waals surface area contributed by atoms with Gasteiger partial charge >= 0.3 is 0 Å². The van der Waals surface area contributed by atoms with Gasteiger partial charge < -0.3 is 9.47 Å². The highest BCUT2D eigenvalue weighted by Gasteiger charge is 2.35. The minimum Gasteiger partial charge on any atom is -0.481 e. The van der Waals surface area contributed by atoms with Gasteiger partial charge in [-0.1, -0.05) is 0 Å². The summed E-state index contributed by atoms with van der Waals surface area (Å²) in [5.74, 6) is 0.659. The van der Waals surface area contributed by atoms with Gasteiger partial charge in [0.1, 0.15) is 6.10 Å². The fraction of sp³-hybridized carbons (Fsp3) is 0.467. The first-order valence-electron chi connectivity index (χ1n) is 6.83. The minimum atomic E-state index is -0.0575. The molecular weight excluding hydrogens is 254 g/mol. The third-order valence-corrected chi connectivity index (χ3v) is 3.76. The van der Waals surface area contributed by atoms with E-state index in [4.69, 9.17) is 9.47 Å². The van der Waals surface area contributed by atoms with Gasteiger partial charge in [0.25, 0.3) is 0 Å². The van der Waals surface area contributed by atoms with Crippen molar-refractivity contribution < 1.29 is 9.47 Å². The molecule has 1 aliphatic rings. The number of methoxy groups -OCH3 is 1. The summed E-state index contributed by atoms with van der Waals surface area (Å²) in [6.07, 6.45) is 4.67. The van der Waals surface area contributed by atoms with Gasteiger partial charge in [-0.25, -0.2) is 4.98 Å². The van der Waals surface area contributed by atoms with E-state index in [1.807, 2.05) is 23.9 Å². The van der Waals surface area contributed by atoms with Crippen LogP contribution in [-0.4, -0.2) is 28.5 Å². The van der Waals surface area contributed by atoms with Crippen LogP contribution in [-0.2, 0) is 4.74 Å². The molecule has 3 rings (SSSR count). The van der Waals surface area contributed by atoms with Crippen LogP contribution in [0.1, 0.15) is 35.4 Å². The molecule has 2 aromatic heterocycles. The molecule has 20 heavy (non-hydrogen) atoms. The van der Waals surface area contributed by atoms with Crippen LogP contribution in [0.2, 0.25) is 0 Å². The van der Waals surface area contributed by atoms with Crippen LogP contribution in [0.15, 0.2) is 24.5 Å². The smallest absolute Gasteiger partial charge is 0.219 e. The largest absolute Gasteiger partial charge is 0.481 e. The Labute approximate surface area is 118 Å². The average molecular weight is 273 g/mol. The average Bonchev–Trinajstić information content (AvgIpc) is 3.07. The molecule has 5 heteroatoms. The van der Waals surface area contributed by atoms with E-state index >= 15 is 0 Å². The van der Waals surface area contributed by atoms with E-state index in [1.165, 1.54) is 0 Å². The summed E-state index contributed by atoms with van der Waals surface area (Å²) in [6.45, 7) is 4.78. The Kier molecular flexibility index (Phi) is 3.44. The lowest BCUT2D eigenvalue weighted by Crippen LogP contribution is -2.16. The highest BCUT2D eigenvalue weighted by atomic mass is 16.5. The fourth-order valence-electron chi connectivity index (χ4n) is 2.92. The Morgan fingerprint density at radius 3 is 2.95 bits per heavy atom. The van der Waals surface area contributed by atoms with Crippen molar-refractivity contribution in [1.82, 2.24) is 14.8 Å². The summed E-state index contributed by atoms with van der Waals surface area (Å²) in [5, 5.41) is 4.35. The Bertz CT molecular complexity index is 595. The molecule has 1 fully saturated rings. The van der Waals surface area contributed by atoms with Gasteiger partial charge in [0.05, 0.1) is 13.2 Å². The van der Waals surface area contributed by atoms with Crippen LogP contribution in [0.4, 0.5) is 0 Å². The van der Waals surface area contributed by atoms with Crippen molar-refractivity contribution in [3.05, 3.63) is 41.3 Å². The molecule has 0 aliphatic carbocycles. The van der Waals surface area contributed by atoms with Crippen molar-refractivity contribution in [3.63, 3.8) is 0 Å². The zero-order valence-corrected chi connectivity index (χ0v) is 12.0. The number of nitrogens with zero attached hydrogens (tertiary/aromatic N) is 3. The van der Waals surface area contributed by atoms with Gasteiger partial charge in [0.2, 0.25) is 5.88 Å². The zero-order chi connectivity index (χ0) is 14.1. The zero-order valence-electron chi connectivity index (χ0n) is 12.0. The third-order valence-electron chi connectivity index (χ3n) is 3.76. The molecule has 0 spiro atoms. The molecule has 2 unspecified atom stereocenters. The van der Waals surface area contributed by atoms with Crippen molar-refractivity contribution >= 4 is 0 Å². The van der Waals surface area contributed by atoms with E-state index in [0.29, 0.717) is 5.88 Å². The second-order valence-corrected chi connectivity index (χ2v) is 5.14. The van der Waals surface area contributed by atoms with E-state index in [9.17, 15) is 0 Å². The molecule has 1 saturated heterocycles. The summed E-state index contributed by atoms with van der Waals surface area (Å²) >= 11 is 0. The van der Waals surface area contributed by atoms with Crippen LogP contribution in [0.5, 0.6) is 5.88 Å². The molecule has 0 radical (unpaired) electrons. The maximum absolute atomic E-state index is 5.96. The Morgan fingerprint density at radius 2 is 2.25 bits per heavy atom. The molecule has 1 aliphatic heterocycles. The quantitative estimate of drug-likeness (QED) is 0.862. The molecule has 5 nitrogen and oxygen atoms in total. The number of aryl methyl sites for hydroxylation is 2. The standard InChI is InChI=1S/C15H19N3O2/c1-10-9-11(2)17-15(19-3)13(10)14-12(5-8-20-14)18-7-4-6-16-18/h4,6-7,9,12,14H,5,8H2,1-3H3. The molecule has 2 atom stereocenters. The maximum Gasteiger partial charge on any atom is 0.219 e. The van der Waals surface area contributed by atoms with Gasteiger partial charge in [-0.05, 0) is 38.0 Å². The topological polar surface area (TPSA) is 49.2 Å². The number of hydrogen-bond donors (Lipinski definition) is 0. The Balaban J connectivity index is 2.04. The molecule has 0 bridgehead atoms.